The fourth-order valence-corrected chi connectivity index (χ4v) is 2.25. The summed E-state index contributed by atoms with van der Waals surface area (Å²) in [6.07, 6.45) is 0.818. The molecule has 0 unspecified atom stereocenters. The number of nitrogens with zero attached hydrogens (tertiary/aromatic N) is 1. The molecule has 1 amide bonds. The van der Waals surface area contributed by atoms with Gasteiger partial charge in [0.1, 0.15) is 17.5 Å². The monoisotopic (exact) mass is 366 g/mol. The molecule has 7 heteroatoms. The van der Waals surface area contributed by atoms with Crippen molar-refractivity contribution in [2.75, 3.05) is 0 Å². The van der Waals surface area contributed by atoms with Gasteiger partial charge in [-0.15, -0.1) is 0 Å². The van der Waals surface area contributed by atoms with Crippen molar-refractivity contribution in [2.45, 2.75) is 6.54 Å². The van der Waals surface area contributed by atoms with E-state index in [-0.39, 0.29) is 11.6 Å². The van der Waals surface area contributed by atoms with E-state index in [1.165, 1.54) is 0 Å². The second kappa shape index (κ2) is 7.91. The van der Waals surface area contributed by atoms with Crippen molar-refractivity contribution in [3.05, 3.63) is 74.8 Å². The molecule has 0 saturated carbocycles. The molecule has 0 atom stereocenters. The number of carbonyl (C=O) groups is 1. The summed E-state index contributed by atoms with van der Waals surface area (Å²) in [5, 5.41) is 11.7. The Morgan fingerprint density at radius 3 is 2.54 bits per heavy atom. The van der Waals surface area contributed by atoms with Gasteiger partial charge in [-0.25, -0.2) is 8.78 Å². The predicted molar refractivity (Wildman–Crippen MR) is 88.3 cm³/mol. The average molecular weight is 367 g/mol. The molecule has 122 valence electrons. The summed E-state index contributed by atoms with van der Waals surface area (Å²) >= 11 is 11.5. The van der Waals surface area contributed by atoms with Crippen LogP contribution in [-0.4, -0.2) is 5.91 Å². The minimum absolute atomic E-state index is 0.0675. The Morgan fingerprint density at radius 1 is 1.17 bits per heavy atom. The maximum atomic E-state index is 13.9. The molecule has 0 fully saturated rings. The molecule has 0 bridgehead atoms. The number of hydrogen-bond donors (Lipinski definition) is 1. The smallest absolute Gasteiger partial charge is 0.262 e. The molecule has 0 spiro atoms. The van der Waals surface area contributed by atoms with E-state index in [2.05, 4.69) is 5.32 Å². The highest BCUT2D eigenvalue weighted by Crippen LogP contribution is 2.23. The van der Waals surface area contributed by atoms with Crippen LogP contribution in [0.15, 0.2) is 42.0 Å². The van der Waals surface area contributed by atoms with Crippen LogP contribution in [0.25, 0.3) is 6.08 Å². The number of rotatable bonds is 4. The standard InChI is InChI=1S/C17H10Cl2F2N2O/c18-13-4-2-1-3-10(13)9-23-17(24)11(8-22)7-12-15(20)6-5-14(19)16(12)21/h1-7H,9H2,(H,23,24)/b11-7+. The Morgan fingerprint density at radius 2 is 1.88 bits per heavy atom. The highest BCUT2D eigenvalue weighted by Gasteiger charge is 2.15. The van der Waals surface area contributed by atoms with Crippen LogP contribution in [0.4, 0.5) is 8.78 Å². The number of hydrogen-bond acceptors (Lipinski definition) is 2. The maximum Gasteiger partial charge on any atom is 0.262 e. The topological polar surface area (TPSA) is 52.9 Å². The Kier molecular flexibility index (Phi) is 5.91. The van der Waals surface area contributed by atoms with Crippen LogP contribution in [0, 0.1) is 23.0 Å². The predicted octanol–water partition coefficient (Wildman–Crippen LogP) is 4.49. The molecule has 2 rings (SSSR count). The first-order valence-corrected chi connectivity index (χ1v) is 7.46. The van der Waals surface area contributed by atoms with E-state index in [0.29, 0.717) is 10.6 Å². The molecule has 0 saturated heterocycles. The average Bonchev–Trinajstić information content (AvgIpc) is 2.57. The van der Waals surface area contributed by atoms with Gasteiger partial charge in [0.15, 0.2) is 5.82 Å². The lowest BCUT2D eigenvalue weighted by Crippen LogP contribution is -2.24. The zero-order valence-corrected chi connectivity index (χ0v) is 13.6. The Bertz CT molecular complexity index is 860. The summed E-state index contributed by atoms with van der Waals surface area (Å²) in [4.78, 5) is 12.0. The van der Waals surface area contributed by atoms with Gasteiger partial charge < -0.3 is 5.32 Å². The first kappa shape index (κ1) is 17.9. The Balaban J connectivity index is 2.23. The lowest BCUT2D eigenvalue weighted by molar-refractivity contribution is -0.117. The maximum absolute atomic E-state index is 13.9. The van der Waals surface area contributed by atoms with Crippen LogP contribution in [0.3, 0.4) is 0 Å². The number of amides is 1. The van der Waals surface area contributed by atoms with Crippen molar-refractivity contribution < 1.29 is 13.6 Å². The highest BCUT2D eigenvalue weighted by molar-refractivity contribution is 6.31. The minimum Gasteiger partial charge on any atom is -0.347 e. The van der Waals surface area contributed by atoms with E-state index in [0.717, 1.165) is 18.2 Å². The molecule has 1 N–H and O–H groups in total. The third-order valence-electron chi connectivity index (χ3n) is 3.13. The summed E-state index contributed by atoms with van der Waals surface area (Å²) in [5.74, 6) is -2.75. The SMILES string of the molecule is N#C/C(=C\c1c(F)ccc(Cl)c1F)C(=O)NCc1ccccc1Cl. The van der Waals surface area contributed by atoms with E-state index in [4.69, 9.17) is 28.5 Å². The fraction of sp³-hybridized carbons (Fsp3) is 0.0588. The van der Waals surface area contributed by atoms with Gasteiger partial charge in [-0.05, 0) is 29.8 Å². The molecule has 3 nitrogen and oxygen atoms in total. The van der Waals surface area contributed by atoms with Gasteiger partial charge in [0.2, 0.25) is 0 Å². The zero-order valence-electron chi connectivity index (χ0n) is 12.1. The van der Waals surface area contributed by atoms with E-state index in [9.17, 15) is 13.6 Å². The van der Waals surface area contributed by atoms with Crippen molar-refractivity contribution in [1.82, 2.24) is 5.32 Å². The van der Waals surface area contributed by atoms with Crippen LogP contribution in [0.2, 0.25) is 10.0 Å². The van der Waals surface area contributed by atoms with Gasteiger partial charge >= 0.3 is 0 Å². The van der Waals surface area contributed by atoms with Crippen molar-refractivity contribution in [2.24, 2.45) is 0 Å². The summed E-state index contributed by atoms with van der Waals surface area (Å²) in [7, 11) is 0. The first-order chi connectivity index (χ1) is 11.4. The molecule has 0 heterocycles. The van der Waals surface area contributed by atoms with E-state index < -0.39 is 28.7 Å². The number of nitriles is 1. The van der Waals surface area contributed by atoms with Gasteiger partial charge in [-0.2, -0.15) is 5.26 Å². The fourth-order valence-electron chi connectivity index (χ4n) is 1.88. The minimum atomic E-state index is -1.04. The van der Waals surface area contributed by atoms with Crippen molar-refractivity contribution in [1.29, 1.82) is 5.26 Å². The van der Waals surface area contributed by atoms with Gasteiger partial charge in [-0.3, -0.25) is 4.79 Å². The normalized spacial score (nSPS) is 11.0. The van der Waals surface area contributed by atoms with E-state index in [1.54, 1.807) is 30.3 Å². The van der Waals surface area contributed by atoms with Crippen LogP contribution in [0.5, 0.6) is 0 Å². The second-order valence-electron chi connectivity index (χ2n) is 4.70. The van der Waals surface area contributed by atoms with E-state index >= 15 is 0 Å². The van der Waals surface area contributed by atoms with Crippen LogP contribution >= 0.6 is 23.2 Å². The number of halogens is 4. The Hall–Kier alpha value is -2.42. The van der Waals surface area contributed by atoms with Crippen LogP contribution in [-0.2, 0) is 11.3 Å². The van der Waals surface area contributed by atoms with Crippen molar-refractivity contribution in [3.8, 4) is 6.07 Å². The van der Waals surface area contributed by atoms with Gasteiger partial charge in [0.05, 0.1) is 5.02 Å². The summed E-state index contributed by atoms with van der Waals surface area (Å²) in [6.45, 7) is 0.0675. The first-order valence-electron chi connectivity index (χ1n) is 6.71. The molecule has 24 heavy (non-hydrogen) atoms. The molecular weight excluding hydrogens is 357 g/mol. The highest BCUT2D eigenvalue weighted by atomic mass is 35.5. The molecule has 0 aromatic heterocycles. The molecule has 0 aliphatic rings. The van der Waals surface area contributed by atoms with Gasteiger partial charge in [0.25, 0.3) is 5.91 Å². The van der Waals surface area contributed by atoms with Gasteiger partial charge in [0, 0.05) is 17.1 Å². The molecule has 2 aromatic carbocycles. The summed E-state index contributed by atoms with van der Waals surface area (Å²) in [6, 6.07) is 10.4. The van der Waals surface area contributed by atoms with E-state index in [1.807, 2.05) is 0 Å². The largest absolute Gasteiger partial charge is 0.347 e. The quantitative estimate of drug-likeness (QED) is 0.492. The van der Waals surface area contributed by atoms with Gasteiger partial charge in [-0.1, -0.05) is 41.4 Å². The van der Waals surface area contributed by atoms with Crippen LogP contribution in [0.1, 0.15) is 11.1 Å². The third kappa shape index (κ3) is 4.10. The summed E-state index contributed by atoms with van der Waals surface area (Å²) < 4.78 is 27.5. The molecule has 0 radical (unpaired) electrons. The Labute approximate surface area is 147 Å². The number of benzene rings is 2. The lowest BCUT2D eigenvalue weighted by Gasteiger charge is -2.07. The lowest BCUT2D eigenvalue weighted by atomic mass is 10.1. The molecular formula is C17H10Cl2F2N2O. The van der Waals surface area contributed by atoms with Crippen molar-refractivity contribution in [3.63, 3.8) is 0 Å². The third-order valence-corrected chi connectivity index (χ3v) is 3.79. The molecule has 0 aliphatic heterocycles. The summed E-state index contributed by atoms with van der Waals surface area (Å²) in [5.41, 5.74) is -0.362. The number of nitrogens with one attached hydrogen (secondary N) is 1. The zero-order chi connectivity index (χ0) is 17.7. The molecule has 2 aromatic rings. The van der Waals surface area contributed by atoms with Crippen molar-refractivity contribution >= 4 is 35.2 Å². The number of carbonyl (C=O) groups excluding carboxylic acids is 1. The molecule has 0 aliphatic carbocycles. The van der Waals surface area contributed by atoms with Crippen LogP contribution < -0.4 is 5.32 Å². The second-order valence-corrected chi connectivity index (χ2v) is 5.52.